The molecule has 188 valence electrons. The lowest BCUT2D eigenvalue weighted by atomic mass is 9.93. The van der Waals surface area contributed by atoms with Crippen molar-refractivity contribution in [3.63, 3.8) is 0 Å². The van der Waals surface area contributed by atoms with Crippen LogP contribution in [-0.2, 0) is 4.79 Å². The second kappa shape index (κ2) is 10.6. The maximum atomic E-state index is 13.9. The summed E-state index contributed by atoms with van der Waals surface area (Å²) in [4.78, 5) is 18.2. The van der Waals surface area contributed by atoms with E-state index in [2.05, 4.69) is 48.2 Å². The minimum Gasteiger partial charge on any atom is -0.497 e. The summed E-state index contributed by atoms with van der Waals surface area (Å²) in [5, 5.41) is 0. The fraction of sp³-hybridized carbons (Fsp3) is 0.367. The van der Waals surface area contributed by atoms with E-state index in [0.717, 1.165) is 48.7 Å². The summed E-state index contributed by atoms with van der Waals surface area (Å²) in [6, 6.07) is 24.4. The molecule has 3 unspecified atom stereocenters. The molecule has 0 spiro atoms. The van der Waals surface area contributed by atoms with E-state index in [-0.39, 0.29) is 30.7 Å². The summed E-state index contributed by atoms with van der Waals surface area (Å²) in [6.45, 7) is 3.86. The van der Waals surface area contributed by atoms with Crippen LogP contribution in [0.25, 0.3) is 0 Å². The lowest BCUT2D eigenvalue weighted by molar-refractivity contribution is -0.136. The number of carbonyl (C=O) groups is 1. The van der Waals surface area contributed by atoms with E-state index in [0.29, 0.717) is 0 Å². The number of ether oxygens (including phenoxy) is 3. The average molecular weight is 487 g/mol. The van der Waals surface area contributed by atoms with Crippen LogP contribution in [0.1, 0.15) is 54.5 Å². The summed E-state index contributed by atoms with van der Waals surface area (Å²) in [5.74, 6) is 2.80. The minimum absolute atomic E-state index is 0.0792. The number of amides is 1. The van der Waals surface area contributed by atoms with Crippen LogP contribution >= 0.6 is 0 Å². The monoisotopic (exact) mass is 486 g/mol. The highest BCUT2D eigenvalue weighted by Crippen LogP contribution is 2.47. The van der Waals surface area contributed by atoms with Crippen LogP contribution in [-0.4, -0.2) is 49.7 Å². The summed E-state index contributed by atoms with van der Waals surface area (Å²) < 4.78 is 16.6. The number of hydrogen-bond acceptors (Lipinski definition) is 5. The third-order valence-electron chi connectivity index (χ3n) is 7.32. The highest BCUT2D eigenvalue weighted by Gasteiger charge is 2.42. The molecule has 1 fully saturated rings. The Morgan fingerprint density at radius 3 is 2.47 bits per heavy atom. The largest absolute Gasteiger partial charge is 0.497 e. The molecule has 0 aliphatic carbocycles. The first kappa shape index (κ1) is 24.2. The quantitative estimate of drug-likeness (QED) is 0.417. The third-order valence-corrected chi connectivity index (χ3v) is 7.32. The second-order valence-corrected chi connectivity index (χ2v) is 9.60. The fourth-order valence-electron chi connectivity index (χ4n) is 5.47. The molecule has 0 N–H and O–H groups in total. The van der Waals surface area contributed by atoms with Crippen LogP contribution in [0, 0.1) is 0 Å². The number of rotatable bonds is 8. The molecule has 3 aromatic rings. The van der Waals surface area contributed by atoms with Gasteiger partial charge in [0, 0.05) is 26.2 Å². The molecule has 36 heavy (non-hydrogen) atoms. The maximum Gasteiger partial charge on any atom is 0.244 e. The first-order chi connectivity index (χ1) is 17.6. The summed E-state index contributed by atoms with van der Waals surface area (Å²) >= 11 is 0. The molecule has 1 saturated heterocycles. The van der Waals surface area contributed by atoms with Crippen molar-refractivity contribution in [1.82, 2.24) is 9.80 Å². The van der Waals surface area contributed by atoms with E-state index >= 15 is 0 Å². The van der Waals surface area contributed by atoms with Gasteiger partial charge in [-0.25, -0.2) is 0 Å². The van der Waals surface area contributed by atoms with Crippen LogP contribution in [0.5, 0.6) is 17.2 Å². The second-order valence-electron chi connectivity index (χ2n) is 9.60. The van der Waals surface area contributed by atoms with Crippen molar-refractivity contribution in [3.8, 4) is 17.2 Å². The van der Waals surface area contributed by atoms with E-state index < -0.39 is 0 Å². The normalized spacial score (nSPS) is 19.8. The Hall–Kier alpha value is -3.51. The topological polar surface area (TPSA) is 51.2 Å². The first-order valence-corrected chi connectivity index (χ1v) is 12.7. The Labute approximate surface area is 213 Å². The standard InChI is InChI=1S/C30H34N2O4/c1-4-16-31(2)30(33)29(22-8-6-5-7-9-22)32-19-24(23-12-15-27-28(18-23)36-20-35-27)17-26(32)21-10-13-25(34-3)14-11-21/h5-15,18,24,26,29H,4,16-17,19-20H2,1-3H3. The zero-order valence-electron chi connectivity index (χ0n) is 21.2. The van der Waals surface area contributed by atoms with Gasteiger partial charge in [-0.15, -0.1) is 0 Å². The number of methoxy groups -OCH3 is 1. The summed E-state index contributed by atoms with van der Waals surface area (Å²) in [6.07, 6.45) is 1.82. The van der Waals surface area contributed by atoms with E-state index in [1.54, 1.807) is 7.11 Å². The molecule has 5 rings (SSSR count). The Kier molecular flexibility index (Phi) is 7.14. The number of hydrogen-bond donors (Lipinski definition) is 0. The van der Waals surface area contributed by atoms with Crippen LogP contribution in [0.3, 0.4) is 0 Å². The molecule has 6 heteroatoms. The first-order valence-electron chi connectivity index (χ1n) is 12.7. The Balaban J connectivity index is 1.54. The number of fused-ring (bicyclic) bond motifs is 1. The van der Waals surface area contributed by atoms with Gasteiger partial charge < -0.3 is 19.1 Å². The number of likely N-dealkylation sites (tertiary alicyclic amines) is 1. The van der Waals surface area contributed by atoms with E-state index in [9.17, 15) is 4.79 Å². The summed E-state index contributed by atoms with van der Waals surface area (Å²) in [7, 11) is 3.59. The van der Waals surface area contributed by atoms with Crippen molar-refractivity contribution in [2.75, 3.05) is 34.0 Å². The van der Waals surface area contributed by atoms with Crippen molar-refractivity contribution >= 4 is 5.91 Å². The third kappa shape index (κ3) is 4.78. The Bertz CT molecular complexity index is 1180. The number of nitrogens with zero attached hydrogens (tertiary/aromatic N) is 2. The summed E-state index contributed by atoms with van der Waals surface area (Å²) in [5.41, 5.74) is 3.42. The molecule has 2 aliphatic rings. The molecule has 0 saturated carbocycles. The zero-order chi connectivity index (χ0) is 25.1. The highest BCUT2D eigenvalue weighted by molar-refractivity contribution is 5.83. The molecule has 2 heterocycles. The molecule has 0 radical (unpaired) electrons. The number of carbonyl (C=O) groups excluding carboxylic acids is 1. The van der Waals surface area contributed by atoms with Crippen molar-refractivity contribution in [2.45, 2.75) is 37.8 Å². The number of likely N-dealkylation sites (N-methyl/N-ethyl adjacent to an activating group) is 1. The van der Waals surface area contributed by atoms with Gasteiger partial charge in [-0.3, -0.25) is 9.69 Å². The molecule has 6 nitrogen and oxygen atoms in total. The lowest BCUT2D eigenvalue weighted by Crippen LogP contribution is -2.41. The van der Waals surface area contributed by atoms with E-state index in [1.165, 1.54) is 11.1 Å². The molecule has 3 atom stereocenters. The molecule has 3 aromatic carbocycles. The molecule has 1 amide bonds. The van der Waals surface area contributed by atoms with Crippen molar-refractivity contribution in [1.29, 1.82) is 0 Å². The van der Waals surface area contributed by atoms with Gasteiger partial charge in [-0.1, -0.05) is 55.5 Å². The number of benzene rings is 3. The minimum atomic E-state index is -0.367. The molecule has 0 bridgehead atoms. The predicted octanol–water partition coefficient (Wildman–Crippen LogP) is 5.56. The van der Waals surface area contributed by atoms with Gasteiger partial charge in [0.2, 0.25) is 12.7 Å². The smallest absolute Gasteiger partial charge is 0.244 e. The molecular weight excluding hydrogens is 452 g/mol. The van der Waals surface area contributed by atoms with Crippen LogP contribution < -0.4 is 14.2 Å². The highest BCUT2D eigenvalue weighted by atomic mass is 16.7. The Morgan fingerprint density at radius 2 is 1.75 bits per heavy atom. The van der Waals surface area contributed by atoms with Gasteiger partial charge in [0.15, 0.2) is 11.5 Å². The Morgan fingerprint density at radius 1 is 1.03 bits per heavy atom. The van der Waals surface area contributed by atoms with Gasteiger partial charge in [0.1, 0.15) is 11.8 Å². The van der Waals surface area contributed by atoms with Gasteiger partial charge in [-0.2, -0.15) is 0 Å². The predicted molar refractivity (Wildman–Crippen MR) is 139 cm³/mol. The van der Waals surface area contributed by atoms with Gasteiger partial charge in [0.05, 0.1) is 7.11 Å². The zero-order valence-corrected chi connectivity index (χ0v) is 21.2. The van der Waals surface area contributed by atoms with Crippen molar-refractivity contribution < 1.29 is 19.0 Å². The molecule has 2 aliphatic heterocycles. The van der Waals surface area contributed by atoms with Gasteiger partial charge in [0.25, 0.3) is 0 Å². The molecular formula is C30H34N2O4. The fourth-order valence-corrected chi connectivity index (χ4v) is 5.47. The van der Waals surface area contributed by atoms with Gasteiger partial charge >= 0.3 is 0 Å². The van der Waals surface area contributed by atoms with Crippen LogP contribution in [0.2, 0.25) is 0 Å². The van der Waals surface area contributed by atoms with Crippen molar-refractivity contribution in [2.24, 2.45) is 0 Å². The maximum absolute atomic E-state index is 13.9. The van der Waals surface area contributed by atoms with Crippen LogP contribution in [0.15, 0.2) is 72.8 Å². The molecule has 0 aromatic heterocycles. The van der Waals surface area contributed by atoms with E-state index in [1.807, 2.05) is 48.3 Å². The van der Waals surface area contributed by atoms with Crippen LogP contribution in [0.4, 0.5) is 0 Å². The van der Waals surface area contributed by atoms with E-state index in [4.69, 9.17) is 14.2 Å². The van der Waals surface area contributed by atoms with Crippen molar-refractivity contribution in [3.05, 3.63) is 89.5 Å². The SMILES string of the molecule is CCCN(C)C(=O)C(c1ccccc1)N1CC(c2ccc3c(c2)OCO3)CC1c1ccc(OC)cc1. The van der Waals surface area contributed by atoms with Gasteiger partial charge in [-0.05, 0) is 59.7 Å². The lowest BCUT2D eigenvalue weighted by Gasteiger charge is -2.35. The average Bonchev–Trinajstić information content (AvgIpc) is 3.57.